The summed E-state index contributed by atoms with van der Waals surface area (Å²) in [5.74, 6) is 0.318. The third-order valence-electron chi connectivity index (χ3n) is 3.20. The van der Waals surface area contributed by atoms with Crippen LogP contribution in [0.5, 0.6) is 5.75 Å². The summed E-state index contributed by atoms with van der Waals surface area (Å²) in [5, 5.41) is 12.5. The zero-order chi connectivity index (χ0) is 11.9. The van der Waals surface area contributed by atoms with Crippen molar-refractivity contribution < 1.29 is 9.84 Å². The minimum atomic E-state index is 0.318. The molecule has 1 aromatic carbocycles. The summed E-state index contributed by atoms with van der Waals surface area (Å²) in [5.41, 5.74) is 1.18. The van der Waals surface area contributed by atoms with Crippen LogP contribution in [0.2, 0.25) is 0 Å². The summed E-state index contributed by atoms with van der Waals surface area (Å²) in [6, 6.07) is 7.29. The third kappa shape index (κ3) is 4.36. The molecule has 0 atom stereocenters. The molecule has 0 heterocycles. The van der Waals surface area contributed by atoms with Crippen molar-refractivity contribution in [1.82, 2.24) is 5.32 Å². The lowest BCUT2D eigenvalue weighted by molar-refractivity contribution is 0.0603. The molecule has 1 saturated carbocycles. The van der Waals surface area contributed by atoms with Crippen LogP contribution < -0.4 is 5.32 Å². The molecule has 0 aromatic heterocycles. The second-order valence-electron chi connectivity index (χ2n) is 4.62. The quantitative estimate of drug-likeness (QED) is 0.744. The molecule has 2 N–H and O–H groups in total. The first-order valence-electron chi connectivity index (χ1n) is 6.45. The Labute approximate surface area is 103 Å². The van der Waals surface area contributed by atoms with E-state index in [0.717, 1.165) is 19.7 Å². The van der Waals surface area contributed by atoms with Gasteiger partial charge < -0.3 is 15.2 Å². The number of ether oxygens (including phenoxy) is 1. The molecule has 2 rings (SSSR count). The maximum absolute atomic E-state index is 9.15. The smallest absolute Gasteiger partial charge is 0.115 e. The lowest BCUT2D eigenvalue weighted by Crippen LogP contribution is -2.21. The molecule has 3 heteroatoms. The molecule has 0 spiro atoms. The zero-order valence-electron chi connectivity index (χ0n) is 10.2. The van der Waals surface area contributed by atoms with E-state index in [1.807, 2.05) is 12.1 Å². The number of phenolic OH excluding ortho intramolecular Hbond substituents is 1. The van der Waals surface area contributed by atoms with Gasteiger partial charge in [0.15, 0.2) is 0 Å². The zero-order valence-corrected chi connectivity index (χ0v) is 10.2. The lowest BCUT2D eigenvalue weighted by atomic mass is 10.2. The number of nitrogens with one attached hydrogen (secondary N) is 1. The van der Waals surface area contributed by atoms with Gasteiger partial charge in [-0.1, -0.05) is 25.0 Å². The van der Waals surface area contributed by atoms with Gasteiger partial charge in [-0.05, 0) is 30.5 Å². The van der Waals surface area contributed by atoms with Gasteiger partial charge in [-0.3, -0.25) is 0 Å². The van der Waals surface area contributed by atoms with Gasteiger partial charge in [0, 0.05) is 13.1 Å². The van der Waals surface area contributed by atoms with Crippen molar-refractivity contribution in [3.8, 4) is 5.75 Å². The van der Waals surface area contributed by atoms with Crippen LogP contribution in [0.1, 0.15) is 31.2 Å². The molecular formula is C14H21NO2. The molecule has 0 saturated heterocycles. The Balaban J connectivity index is 1.55. The molecule has 1 aromatic rings. The van der Waals surface area contributed by atoms with E-state index in [1.165, 1.54) is 31.2 Å². The van der Waals surface area contributed by atoms with E-state index in [9.17, 15) is 0 Å². The fraction of sp³-hybridized carbons (Fsp3) is 0.571. The summed E-state index contributed by atoms with van der Waals surface area (Å²) in [6.07, 6.45) is 5.62. The van der Waals surface area contributed by atoms with Crippen molar-refractivity contribution in [3.63, 3.8) is 0 Å². The first-order chi connectivity index (χ1) is 8.34. The van der Waals surface area contributed by atoms with Crippen LogP contribution in [0.4, 0.5) is 0 Å². The molecular weight excluding hydrogens is 214 g/mol. The Kier molecular flexibility index (Phi) is 4.83. The van der Waals surface area contributed by atoms with Gasteiger partial charge in [-0.15, -0.1) is 0 Å². The van der Waals surface area contributed by atoms with Crippen molar-refractivity contribution in [3.05, 3.63) is 29.8 Å². The van der Waals surface area contributed by atoms with Gasteiger partial charge >= 0.3 is 0 Å². The Hall–Kier alpha value is -1.06. The number of aromatic hydroxyl groups is 1. The number of phenols is 1. The summed E-state index contributed by atoms with van der Waals surface area (Å²) < 4.78 is 5.76. The topological polar surface area (TPSA) is 41.5 Å². The second kappa shape index (κ2) is 6.62. The van der Waals surface area contributed by atoms with Gasteiger partial charge in [-0.2, -0.15) is 0 Å². The third-order valence-corrected chi connectivity index (χ3v) is 3.20. The average molecular weight is 235 g/mol. The van der Waals surface area contributed by atoms with Crippen molar-refractivity contribution in [2.24, 2.45) is 0 Å². The minimum Gasteiger partial charge on any atom is -0.508 e. The van der Waals surface area contributed by atoms with Crippen LogP contribution in [0.15, 0.2) is 24.3 Å². The maximum atomic E-state index is 9.15. The van der Waals surface area contributed by atoms with E-state index in [1.54, 1.807) is 12.1 Å². The number of hydrogen-bond acceptors (Lipinski definition) is 3. The van der Waals surface area contributed by atoms with Gasteiger partial charge in [0.2, 0.25) is 0 Å². The molecule has 1 aliphatic rings. The van der Waals surface area contributed by atoms with E-state index < -0.39 is 0 Å². The minimum absolute atomic E-state index is 0.318. The molecule has 94 valence electrons. The highest BCUT2D eigenvalue weighted by molar-refractivity contribution is 5.25. The first-order valence-corrected chi connectivity index (χ1v) is 6.45. The van der Waals surface area contributed by atoms with Gasteiger partial charge in [0.05, 0.1) is 12.7 Å². The van der Waals surface area contributed by atoms with E-state index in [-0.39, 0.29) is 0 Å². The van der Waals surface area contributed by atoms with Crippen LogP contribution in [-0.4, -0.2) is 24.4 Å². The Bertz CT molecular complexity index is 317. The van der Waals surface area contributed by atoms with Crippen LogP contribution in [0.25, 0.3) is 0 Å². The van der Waals surface area contributed by atoms with Gasteiger partial charge in [-0.25, -0.2) is 0 Å². The maximum Gasteiger partial charge on any atom is 0.115 e. The number of hydrogen-bond donors (Lipinski definition) is 2. The Morgan fingerprint density at radius 3 is 2.59 bits per heavy atom. The van der Waals surface area contributed by atoms with Crippen molar-refractivity contribution in [2.75, 3.05) is 13.2 Å². The fourth-order valence-corrected chi connectivity index (χ4v) is 2.20. The van der Waals surface area contributed by atoms with Crippen LogP contribution >= 0.6 is 0 Å². The molecule has 0 bridgehead atoms. The summed E-state index contributed by atoms with van der Waals surface area (Å²) in [4.78, 5) is 0. The second-order valence-corrected chi connectivity index (χ2v) is 4.62. The van der Waals surface area contributed by atoms with Crippen LogP contribution in [0.3, 0.4) is 0 Å². The SMILES string of the molecule is Oc1ccc(CNCCOC2CCCC2)cc1. The molecule has 0 radical (unpaired) electrons. The highest BCUT2D eigenvalue weighted by Gasteiger charge is 2.14. The molecule has 0 amide bonds. The van der Waals surface area contributed by atoms with Gasteiger partial charge in [0.1, 0.15) is 5.75 Å². The molecule has 17 heavy (non-hydrogen) atoms. The van der Waals surface area contributed by atoms with Crippen molar-refractivity contribution >= 4 is 0 Å². The molecule has 1 fully saturated rings. The van der Waals surface area contributed by atoms with E-state index in [2.05, 4.69) is 5.32 Å². The monoisotopic (exact) mass is 235 g/mol. The number of benzene rings is 1. The lowest BCUT2D eigenvalue weighted by Gasteiger charge is -2.11. The summed E-state index contributed by atoms with van der Waals surface area (Å²) >= 11 is 0. The largest absolute Gasteiger partial charge is 0.508 e. The normalized spacial score (nSPS) is 16.5. The Morgan fingerprint density at radius 1 is 1.18 bits per heavy atom. The van der Waals surface area contributed by atoms with E-state index >= 15 is 0 Å². The van der Waals surface area contributed by atoms with Crippen molar-refractivity contribution in [2.45, 2.75) is 38.3 Å². The Morgan fingerprint density at radius 2 is 1.88 bits per heavy atom. The van der Waals surface area contributed by atoms with E-state index in [4.69, 9.17) is 9.84 Å². The first kappa shape index (κ1) is 12.4. The standard InChI is InChI=1S/C14H21NO2/c16-13-7-5-12(6-8-13)11-15-9-10-17-14-3-1-2-4-14/h5-8,14-16H,1-4,9-11H2. The van der Waals surface area contributed by atoms with E-state index in [0.29, 0.717) is 11.9 Å². The van der Waals surface area contributed by atoms with Crippen LogP contribution in [0, 0.1) is 0 Å². The predicted molar refractivity (Wildman–Crippen MR) is 68.0 cm³/mol. The predicted octanol–water partition coefficient (Wildman–Crippen LogP) is 2.44. The molecule has 0 unspecified atom stereocenters. The molecule has 0 aliphatic heterocycles. The highest BCUT2D eigenvalue weighted by Crippen LogP contribution is 2.20. The summed E-state index contributed by atoms with van der Waals surface area (Å²) in [7, 11) is 0. The highest BCUT2D eigenvalue weighted by atomic mass is 16.5. The fourth-order valence-electron chi connectivity index (χ4n) is 2.20. The van der Waals surface area contributed by atoms with Crippen molar-refractivity contribution in [1.29, 1.82) is 0 Å². The molecule has 1 aliphatic carbocycles. The molecule has 3 nitrogen and oxygen atoms in total. The van der Waals surface area contributed by atoms with Crippen LogP contribution in [-0.2, 0) is 11.3 Å². The van der Waals surface area contributed by atoms with Gasteiger partial charge in [0.25, 0.3) is 0 Å². The summed E-state index contributed by atoms with van der Waals surface area (Å²) in [6.45, 7) is 2.51. The average Bonchev–Trinajstić information content (AvgIpc) is 2.84. The number of rotatable bonds is 6.